The first-order valence-corrected chi connectivity index (χ1v) is 6.71. The second-order valence-electron chi connectivity index (χ2n) is 4.59. The van der Waals surface area contributed by atoms with E-state index < -0.39 is 5.97 Å². The Bertz CT molecular complexity index is 806. The number of nitrogens with zero attached hydrogens (tertiary/aromatic N) is 1. The zero-order valence-corrected chi connectivity index (χ0v) is 12.2. The number of aromatic hydroxyl groups is 1. The number of hydrogen-bond acceptors (Lipinski definition) is 7. The second-order valence-corrected chi connectivity index (χ2v) is 4.59. The van der Waals surface area contributed by atoms with Gasteiger partial charge in [-0.25, -0.2) is 4.79 Å². The van der Waals surface area contributed by atoms with Crippen molar-refractivity contribution in [3.63, 3.8) is 0 Å². The van der Waals surface area contributed by atoms with E-state index in [9.17, 15) is 9.90 Å². The van der Waals surface area contributed by atoms with Crippen molar-refractivity contribution < 1.29 is 28.3 Å². The summed E-state index contributed by atoms with van der Waals surface area (Å²) < 4.78 is 20.3. The van der Waals surface area contributed by atoms with E-state index in [1.807, 2.05) is 0 Å². The molecule has 0 atom stereocenters. The summed E-state index contributed by atoms with van der Waals surface area (Å²) in [6.07, 6.45) is 1.52. The van der Waals surface area contributed by atoms with Crippen molar-refractivity contribution in [2.45, 2.75) is 6.61 Å². The van der Waals surface area contributed by atoms with Crippen LogP contribution in [0.1, 0.15) is 16.1 Å². The van der Waals surface area contributed by atoms with Gasteiger partial charge in [0.05, 0.1) is 13.4 Å². The zero-order chi connectivity index (χ0) is 16.2. The fourth-order valence-electron chi connectivity index (χ4n) is 1.98. The third-order valence-corrected chi connectivity index (χ3v) is 3.11. The summed E-state index contributed by atoms with van der Waals surface area (Å²) in [5, 5.41) is 13.7. The molecule has 0 spiro atoms. The lowest BCUT2D eigenvalue weighted by atomic mass is 10.2. The van der Waals surface area contributed by atoms with Crippen LogP contribution >= 0.6 is 0 Å². The standard InChI is InChI=1S/C16H13NO6/c1-20-13-5-2-4-11(15(13)18)16(19)22-9-10-8-14(23-17-10)12-6-3-7-21-12/h2-8,18H,9H2,1H3. The average Bonchev–Trinajstić information content (AvgIpc) is 3.24. The summed E-state index contributed by atoms with van der Waals surface area (Å²) in [5.74, 6) is 0.201. The van der Waals surface area contributed by atoms with Gasteiger partial charge in [-0.2, -0.15) is 0 Å². The molecule has 2 heterocycles. The number of esters is 1. The Morgan fingerprint density at radius 2 is 2.13 bits per heavy atom. The molecule has 23 heavy (non-hydrogen) atoms. The Kier molecular flexibility index (Phi) is 4.01. The van der Waals surface area contributed by atoms with Crippen molar-refractivity contribution in [1.29, 1.82) is 0 Å². The Hall–Kier alpha value is -3.22. The minimum absolute atomic E-state index is 0.0131. The molecular formula is C16H13NO6. The number of carbonyl (C=O) groups excluding carboxylic acids is 1. The van der Waals surface area contributed by atoms with Crippen LogP contribution in [0.5, 0.6) is 11.5 Å². The van der Waals surface area contributed by atoms with Crippen molar-refractivity contribution in [2.24, 2.45) is 0 Å². The first kappa shape index (κ1) is 14.7. The minimum atomic E-state index is -0.691. The van der Waals surface area contributed by atoms with Crippen LogP contribution in [0.3, 0.4) is 0 Å². The van der Waals surface area contributed by atoms with Gasteiger partial charge in [-0.1, -0.05) is 11.2 Å². The average molecular weight is 315 g/mol. The van der Waals surface area contributed by atoms with E-state index in [1.54, 1.807) is 30.3 Å². The predicted molar refractivity (Wildman–Crippen MR) is 78.0 cm³/mol. The SMILES string of the molecule is COc1cccc(C(=O)OCc2cc(-c3ccco3)on2)c1O. The lowest BCUT2D eigenvalue weighted by Gasteiger charge is -2.07. The third-order valence-electron chi connectivity index (χ3n) is 3.11. The van der Waals surface area contributed by atoms with Gasteiger partial charge in [-0.15, -0.1) is 0 Å². The Morgan fingerprint density at radius 3 is 2.87 bits per heavy atom. The van der Waals surface area contributed by atoms with E-state index in [4.69, 9.17) is 18.4 Å². The lowest BCUT2D eigenvalue weighted by molar-refractivity contribution is 0.0460. The number of para-hydroxylation sites is 1. The first-order chi connectivity index (χ1) is 11.2. The van der Waals surface area contributed by atoms with Crippen molar-refractivity contribution in [1.82, 2.24) is 5.16 Å². The summed E-state index contributed by atoms with van der Waals surface area (Å²) in [4.78, 5) is 12.0. The molecule has 0 aliphatic heterocycles. The van der Waals surface area contributed by atoms with Crippen LogP contribution in [0, 0.1) is 0 Å². The number of carbonyl (C=O) groups is 1. The molecule has 0 unspecified atom stereocenters. The molecule has 0 aliphatic carbocycles. The third kappa shape index (κ3) is 3.03. The van der Waals surface area contributed by atoms with E-state index in [2.05, 4.69) is 5.16 Å². The van der Waals surface area contributed by atoms with Crippen LogP contribution in [0.15, 0.2) is 51.6 Å². The molecule has 0 saturated heterocycles. The maximum absolute atomic E-state index is 12.0. The predicted octanol–water partition coefficient (Wildman–Crippen LogP) is 3.01. The van der Waals surface area contributed by atoms with E-state index in [0.717, 1.165) is 0 Å². The molecule has 0 bridgehead atoms. The number of benzene rings is 1. The lowest BCUT2D eigenvalue weighted by Crippen LogP contribution is -2.06. The molecule has 0 saturated carbocycles. The Morgan fingerprint density at radius 1 is 1.26 bits per heavy atom. The molecule has 7 nitrogen and oxygen atoms in total. The van der Waals surface area contributed by atoms with Crippen LogP contribution in [-0.2, 0) is 11.3 Å². The molecule has 7 heteroatoms. The molecule has 3 rings (SSSR count). The number of hydrogen-bond donors (Lipinski definition) is 1. The molecule has 0 amide bonds. The van der Waals surface area contributed by atoms with Crippen molar-refractivity contribution in [3.05, 3.63) is 53.9 Å². The number of furan rings is 1. The number of rotatable bonds is 5. The van der Waals surface area contributed by atoms with Gasteiger partial charge in [0.2, 0.25) is 5.76 Å². The highest BCUT2D eigenvalue weighted by Crippen LogP contribution is 2.30. The molecule has 0 fully saturated rings. The van der Waals surface area contributed by atoms with Gasteiger partial charge in [0.1, 0.15) is 17.9 Å². The number of ether oxygens (including phenoxy) is 2. The van der Waals surface area contributed by atoms with Gasteiger partial charge >= 0.3 is 5.97 Å². The van der Waals surface area contributed by atoms with E-state index in [1.165, 1.54) is 19.4 Å². The molecule has 1 N–H and O–H groups in total. The normalized spacial score (nSPS) is 10.5. The van der Waals surface area contributed by atoms with Gasteiger partial charge in [-0.3, -0.25) is 0 Å². The summed E-state index contributed by atoms with van der Waals surface area (Å²) in [5.41, 5.74) is 0.436. The molecule has 1 aromatic carbocycles. The van der Waals surface area contributed by atoms with E-state index >= 15 is 0 Å². The van der Waals surface area contributed by atoms with Crippen LogP contribution in [0.25, 0.3) is 11.5 Å². The van der Waals surface area contributed by atoms with Crippen LogP contribution in [-0.4, -0.2) is 23.3 Å². The summed E-state index contributed by atoms with van der Waals surface area (Å²) in [6, 6.07) is 9.63. The van der Waals surface area contributed by atoms with E-state index in [0.29, 0.717) is 17.2 Å². The molecule has 2 aromatic heterocycles. The number of phenols is 1. The maximum Gasteiger partial charge on any atom is 0.342 e. The summed E-state index contributed by atoms with van der Waals surface area (Å²) in [7, 11) is 1.40. The monoisotopic (exact) mass is 315 g/mol. The summed E-state index contributed by atoms with van der Waals surface area (Å²) >= 11 is 0. The minimum Gasteiger partial charge on any atom is -0.504 e. The Balaban J connectivity index is 1.68. The van der Waals surface area contributed by atoms with Gasteiger partial charge in [0.25, 0.3) is 0 Å². The topological polar surface area (TPSA) is 94.9 Å². The van der Waals surface area contributed by atoms with Gasteiger partial charge in [0.15, 0.2) is 17.3 Å². The highest BCUT2D eigenvalue weighted by Gasteiger charge is 2.17. The quantitative estimate of drug-likeness (QED) is 0.723. The van der Waals surface area contributed by atoms with Crippen molar-refractivity contribution in [2.75, 3.05) is 7.11 Å². The second kappa shape index (κ2) is 6.27. The maximum atomic E-state index is 12.0. The highest BCUT2D eigenvalue weighted by atomic mass is 16.5. The van der Waals surface area contributed by atoms with Gasteiger partial charge in [-0.05, 0) is 24.3 Å². The van der Waals surface area contributed by atoms with Gasteiger partial charge in [0, 0.05) is 6.07 Å². The van der Waals surface area contributed by atoms with Crippen molar-refractivity contribution in [3.8, 4) is 23.0 Å². The fourth-order valence-corrected chi connectivity index (χ4v) is 1.98. The molecule has 0 radical (unpaired) electrons. The highest BCUT2D eigenvalue weighted by molar-refractivity contribution is 5.93. The van der Waals surface area contributed by atoms with Gasteiger partial charge < -0.3 is 23.5 Å². The molecule has 118 valence electrons. The fraction of sp³-hybridized carbons (Fsp3) is 0.125. The molecule has 0 aliphatic rings. The first-order valence-electron chi connectivity index (χ1n) is 6.71. The van der Waals surface area contributed by atoms with Crippen LogP contribution < -0.4 is 4.74 Å². The smallest absolute Gasteiger partial charge is 0.342 e. The van der Waals surface area contributed by atoms with Crippen LogP contribution in [0.2, 0.25) is 0 Å². The van der Waals surface area contributed by atoms with Crippen molar-refractivity contribution >= 4 is 5.97 Å². The van der Waals surface area contributed by atoms with E-state index in [-0.39, 0.29) is 23.7 Å². The number of methoxy groups -OCH3 is 1. The molecule has 3 aromatic rings. The summed E-state index contributed by atoms with van der Waals surface area (Å²) in [6.45, 7) is -0.0975. The zero-order valence-electron chi connectivity index (χ0n) is 12.2. The number of aromatic nitrogens is 1. The largest absolute Gasteiger partial charge is 0.504 e. The molecular weight excluding hydrogens is 302 g/mol. The number of phenolic OH excluding ortho intramolecular Hbond substituents is 1. The van der Waals surface area contributed by atoms with Crippen LogP contribution in [0.4, 0.5) is 0 Å². The Labute approximate surface area is 131 Å².